The molecule has 0 saturated heterocycles. The van der Waals surface area contributed by atoms with Crippen molar-refractivity contribution in [2.45, 2.75) is 31.2 Å². The Morgan fingerprint density at radius 2 is 1.84 bits per heavy atom. The van der Waals surface area contributed by atoms with Gasteiger partial charge < -0.3 is 5.73 Å². The molecule has 0 atom stereocenters. The summed E-state index contributed by atoms with van der Waals surface area (Å²) in [5.41, 5.74) is 6.15. The molecule has 5 heteroatoms. The molecule has 0 aromatic heterocycles. The average Bonchev–Trinajstić information content (AvgIpc) is 2.86. The Bertz CT molecular complexity index is 532. The van der Waals surface area contributed by atoms with Gasteiger partial charge in [0.25, 0.3) is 0 Å². The number of hydrogen-bond acceptors (Lipinski definition) is 3. The van der Waals surface area contributed by atoms with Gasteiger partial charge in [0, 0.05) is 17.5 Å². The second-order valence-electron chi connectivity index (χ2n) is 5.05. The highest BCUT2D eigenvalue weighted by Gasteiger charge is 2.35. The van der Waals surface area contributed by atoms with Crippen LogP contribution in [-0.2, 0) is 10.0 Å². The van der Waals surface area contributed by atoms with Gasteiger partial charge in [0.15, 0.2) is 0 Å². The summed E-state index contributed by atoms with van der Waals surface area (Å²) in [6.07, 6.45) is 5.30. The van der Waals surface area contributed by atoms with E-state index < -0.39 is 15.6 Å². The third kappa shape index (κ3) is 3.89. The Labute approximate surface area is 114 Å². The lowest BCUT2D eigenvalue weighted by Crippen LogP contribution is -2.50. The standard InChI is InChI=1S/C14H20N2O2S/c15-12-14(9-4-5-10-14)16-19(17,18)11-8-13-6-2-1-3-7-13/h1-3,6-8,11,16H,4-5,9-10,12,15H2. The smallest absolute Gasteiger partial charge is 0.234 e. The number of sulfonamides is 1. The van der Waals surface area contributed by atoms with E-state index in [-0.39, 0.29) is 0 Å². The predicted octanol–water partition coefficient (Wildman–Crippen LogP) is 1.85. The first-order valence-electron chi connectivity index (χ1n) is 6.52. The Hall–Kier alpha value is -1.17. The van der Waals surface area contributed by atoms with Crippen molar-refractivity contribution in [3.63, 3.8) is 0 Å². The molecule has 2 rings (SSSR count). The van der Waals surface area contributed by atoms with Crippen LogP contribution in [0, 0.1) is 0 Å². The van der Waals surface area contributed by atoms with Crippen molar-refractivity contribution in [1.82, 2.24) is 4.72 Å². The van der Waals surface area contributed by atoms with Gasteiger partial charge in [-0.25, -0.2) is 13.1 Å². The van der Waals surface area contributed by atoms with Gasteiger partial charge in [0.05, 0.1) is 0 Å². The van der Waals surface area contributed by atoms with E-state index in [0.717, 1.165) is 31.2 Å². The first-order chi connectivity index (χ1) is 9.05. The number of nitrogens with two attached hydrogens (primary N) is 1. The molecule has 0 heterocycles. The summed E-state index contributed by atoms with van der Waals surface area (Å²) in [5, 5.41) is 1.22. The van der Waals surface area contributed by atoms with E-state index in [2.05, 4.69) is 4.72 Å². The van der Waals surface area contributed by atoms with Crippen LogP contribution in [0.5, 0.6) is 0 Å². The molecule has 0 radical (unpaired) electrons. The van der Waals surface area contributed by atoms with Gasteiger partial charge in [0.1, 0.15) is 0 Å². The maximum absolute atomic E-state index is 12.1. The van der Waals surface area contributed by atoms with E-state index in [1.807, 2.05) is 30.3 Å². The largest absolute Gasteiger partial charge is 0.329 e. The molecule has 1 fully saturated rings. The molecule has 1 aromatic rings. The lowest BCUT2D eigenvalue weighted by atomic mass is 10.0. The molecule has 0 amide bonds. The molecular formula is C14H20N2O2S. The van der Waals surface area contributed by atoms with E-state index in [0.29, 0.717) is 6.54 Å². The first kappa shape index (κ1) is 14.2. The van der Waals surface area contributed by atoms with E-state index in [1.165, 1.54) is 5.41 Å². The molecule has 1 aliphatic carbocycles. The van der Waals surface area contributed by atoms with Crippen molar-refractivity contribution in [1.29, 1.82) is 0 Å². The maximum Gasteiger partial charge on any atom is 0.234 e. The van der Waals surface area contributed by atoms with Crippen LogP contribution in [0.1, 0.15) is 31.2 Å². The van der Waals surface area contributed by atoms with Gasteiger partial charge in [-0.3, -0.25) is 0 Å². The van der Waals surface area contributed by atoms with Crippen LogP contribution in [0.15, 0.2) is 35.7 Å². The van der Waals surface area contributed by atoms with Gasteiger partial charge >= 0.3 is 0 Å². The number of rotatable bonds is 5. The molecular weight excluding hydrogens is 260 g/mol. The highest BCUT2D eigenvalue weighted by Crippen LogP contribution is 2.29. The van der Waals surface area contributed by atoms with Gasteiger partial charge in [-0.05, 0) is 24.5 Å². The zero-order valence-corrected chi connectivity index (χ0v) is 11.7. The highest BCUT2D eigenvalue weighted by atomic mass is 32.2. The summed E-state index contributed by atoms with van der Waals surface area (Å²) >= 11 is 0. The number of hydrogen-bond donors (Lipinski definition) is 2. The first-order valence-corrected chi connectivity index (χ1v) is 8.07. The van der Waals surface area contributed by atoms with Crippen molar-refractivity contribution in [3.05, 3.63) is 41.3 Å². The molecule has 0 spiro atoms. The average molecular weight is 280 g/mol. The van der Waals surface area contributed by atoms with Crippen molar-refractivity contribution in [2.75, 3.05) is 6.54 Å². The van der Waals surface area contributed by atoms with Crippen LogP contribution in [-0.4, -0.2) is 20.5 Å². The van der Waals surface area contributed by atoms with Crippen molar-refractivity contribution < 1.29 is 8.42 Å². The minimum absolute atomic E-state index is 0.353. The van der Waals surface area contributed by atoms with Crippen molar-refractivity contribution in [3.8, 4) is 0 Å². The van der Waals surface area contributed by atoms with Crippen LogP contribution >= 0.6 is 0 Å². The van der Waals surface area contributed by atoms with E-state index in [1.54, 1.807) is 6.08 Å². The maximum atomic E-state index is 12.1. The Kier molecular flexibility index (Phi) is 4.39. The minimum Gasteiger partial charge on any atom is -0.329 e. The fraction of sp³-hybridized carbons (Fsp3) is 0.429. The molecule has 4 nitrogen and oxygen atoms in total. The molecule has 0 aliphatic heterocycles. The fourth-order valence-corrected chi connectivity index (χ4v) is 3.76. The lowest BCUT2D eigenvalue weighted by Gasteiger charge is -2.27. The summed E-state index contributed by atoms with van der Waals surface area (Å²) in [7, 11) is -3.44. The van der Waals surface area contributed by atoms with E-state index in [4.69, 9.17) is 5.73 Å². The molecule has 3 N–H and O–H groups in total. The van der Waals surface area contributed by atoms with Gasteiger partial charge in [0.2, 0.25) is 10.0 Å². The predicted molar refractivity (Wildman–Crippen MR) is 77.8 cm³/mol. The van der Waals surface area contributed by atoms with E-state index >= 15 is 0 Å². The third-order valence-corrected chi connectivity index (χ3v) is 4.76. The lowest BCUT2D eigenvalue weighted by molar-refractivity contribution is 0.402. The normalized spacial score (nSPS) is 19.0. The van der Waals surface area contributed by atoms with Crippen LogP contribution < -0.4 is 10.5 Å². The quantitative estimate of drug-likeness (QED) is 0.864. The molecule has 0 bridgehead atoms. The van der Waals surface area contributed by atoms with Crippen LogP contribution in [0.4, 0.5) is 0 Å². The summed E-state index contributed by atoms with van der Waals surface area (Å²) in [6.45, 7) is 0.353. The zero-order chi connectivity index (χ0) is 13.8. The van der Waals surface area contributed by atoms with Crippen molar-refractivity contribution >= 4 is 16.1 Å². The van der Waals surface area contributed by atoms with Crippen LogP contribution in [0.3, 0.4) is 0 Å². The molecule has 1 aliphatic rings. The van der Waals surface area contributed by atoms with Gasteiger partial charge in [-0.15, -0.1) is 0 Å². The Morgan fingerprint density at radius 3 is 2.42 bits per heavy atom. The van der Waals surface area contributed by atoms with Crippen LogP contribution in [0.25, 0.3) is 6.08 Å². The summed E-state index contributed by atoms with van der Waals surface area (Å²) in [4.78, 5) is 0. The topological polar surface area (TPSA) is 72.2 Å². The summed E-state index contributed by atoms with van der Waals surface area (Å²) in [6, 6.07) is 9.36. The SMILES string of the molecule is NCC1(NS(=O)(=O)C=Cc2ccccc2)CCCC1. The molecule has 1 saturated carbocycles. The second-order valence-corrected chi connectivity index (χ2v) is 6.62. The molecule has 19 heavy (non-hydrogen) atoms. The van der Waals surface area contributed by atoms with Crippen LogP contribution in [0.2, 0.25) is 0 Å². The van der Waals surface area contributed by atoms with Gasteiger partial charge in [-0.1, -0.05) is 43.2 Å². The Balaban J connectivity index is 2.08. The molecule has 104 valence electrons. The zero-order valence-electron chi connectivity index (χ0n) is 10.9. The fourth-order valence-electron chi connectivity index (χ4n) is 2.47. The van der Waals surface area contributed by atoms with Crippen molar-refractivity contribution in [2.24, 2.45) is 5.73 Å². The molecule has 1 aromatic carbocycles. The monoisotopic (exact) mass is 280 g/mol. The minimum atomic E-state index is -3.44. The summed E-state index contributed by atoms with van der Waals surface area (Å²) in [5.74, 6) is 0. The highest BCUT2D eigenvalue weighted by molar-refractivity contribution is 7.92. The third-order valence-electron chi connectivity index (χ3n) is 3.55. The summed E-state index contributed by atoms with van der Waals surface area (Å²) < 4.78 is 26.9. The second kappa shape index (κ2) is 5.86. The Morgan fingerprint density at radius 1 is 1.21 bits per heavy atom. The number of benzene rings is 1. The number of nitrogens with one attached hydrogen (secondary N) is 1. The van der Waals surface area contributed by atoms with Gasteiger partial charge in [-0.2, -0.15) is 0 Å². The van der Waals surface area contributed by atoms with E-state index in [9.17, 15) is 8.42 Å². The molecule has 0 unspecified atom stereocenters.